The number of hydrogen-bond acceptors (Lipinski definition) is 3. The van der Waals surface area contributed by atoms with Crippen molar-refractivity contribution in [2.45, 2.75) is 25.8 Å². The number of carbonyl (C=O) groups excluding carboxylic acids is 1. The number of amides is 1. The van der Waals surface area contributed by atoms with Crippen LogP contribution in [0.2, 0.25) is 0 Å². The van der Waals surface area contributed by atoms with E-state index in [0.29, 0.717) is 24.8 Å². The Labute approximate surface area is 165 Å². The molecule has 1 N–H and O–H groups in total. The molecule has 2 heterocycles. The average molecular weight is 375 g/mol. The van der Waals surface area contributed by atoms with Crippen LogP contribution in [-0.2, 0) is 4.74 Å². The van der Waals surface area contributed by atoms with Gasteiger partial charge in [-0.25, -0.2) is 0 Å². The minimum Gasteiger partial charge on any atom is -0.383 e. The molecule has 1 aromatic heterocycles. The van der Waals surface area contributed by atoms with E-state index in [1.54, 1.807) is 7.11 Å². The predicted octanol–water partition coefficient (Wildman–Crippen LogP) is 4.39. The molecule has 2 aromatic carbocycles. The molecule has 144 valence electrons. The minimum absolute atomic E-state index is 0.0281. The fourth-order valence-corrected chi connectivity index (χ4v) is 3.84. The van der Waals surface area contributed by atoms with Gasteiger partial charge in [-0.15, -0.1) is 0 Å². The van der Waals surface area contributed by atoms with Gasteiger partial charge < -0.3 is 9.64 Å². The Hall–Kier alpha value is -2.92. The van der Waals surface area contributed by atoms with Crippen molar-refractivity contribution >= 4 is 5.91 Å². The second-order valence-electron chi connectivity index (χ2n) is 7.44. The first-order chi connectivity index (χ1) is 13.6. The Morgan fingerprint density at radius 1 is 1.11 bits per heavy atom. The van der Waals surface area contributed by atoms with Crippen molar-refractivity contribution in [3.8, 4) is 11.3 Å². The van der Waals surface area contributed by atoms with Crippen molar-refractivity contribution in [2.24, 2.45) is 0 Å². The highest BCUT2D eigenvalue weighted by molar-refractivity contribution is 6.00. The number of H-pyrrole nitrogens is 1. The lowest BCUT2D eigenvalue weighted by atomic mass is 9.94. The van der Waals surface area contributed by atoms with Gasteiger partial charge in [-0.2, -0.15) is 5.10 Å². The summed E-state index contributed by atoms with van der Waals surface area (Å²) < 4.78 is 5.26. The number of methoxy groups -OCH3 is 1. The first-order valence-corrected chi connectivity index (χ1v) is 9.65. The predicted molar refractivity (Wildman–Crippen MR) is 109 cm³/mol. The van der Waals surface area contributed by atoms with Gasteiger partial charge in [-0.1, -0.05) is 68.4 Å². The lowest BCUT2D eigenvalue weighted by Gasteiger charge is -2.26. The van der Waals surface area contributed by atoms with Crippen molar-refractivity contribution in [3.63, 3.8) is 0 Å². The second-order valence-corrected chi connectivity index (χ2v) is 7.44. The molecule has 5 heteroatoms. The van der Waals surface area contributed by atoms with E-state index < -0.39 is 0 Å². The molecule has 0 fully saturated rings. The number of aromatic nitrogens is 2. The van der Waals surface area contributed by atoms with Gasteiger partial charge in [0.05, 0.1) is 18.3 Å². The number of nitrogens with one attached hydrogen (secondary N) is 1. The average Bonchev–Trinajstić information content (AvgIpc) is 3.26. The summed E-state index contributed by atoms with van der Waals surface area (Å²) >= 11 is 0. The maximum absolute atomic E-state index is 13.1. The van der Waals surface area contributed by atoms with Crippen LogP contribution in [0.5, 0.6) is 0 Å². The zero-order valence-electron chi connectivity index (χ0n) is 16.5. The summed E-state index contributed by atoms with van der Waals surface area (Å²) in [6.45, 7) is 5.38. The number of ether oxygens (including phenoxy) is 1. The first-order valence-electron chi connectivity index (χ1n) is 9.65. The van der Waals surface area contributed by atoms with Crippen molar-refractivity contribution in [1.29, 1.82) is 0 Å². The number of hydrogen-bond donors (Lipinski definition) is 1. The molecule has 5 nitrogen and oxygen atoms in total. The van der Waals surface area contributed by atoms with Gasteiger partial charge in [-0.3, -0.25) is 9.89 Å². The highest BCUT2D eigenvalue weighted by Gasteiger charge is 2.41. The normalized spacial score (nSPS) is 16.1. The number of nitrogens with zero attached hydrogens (tertiary/aromatic N) is 2. The van der Waals surface area contributed by atoms with E-state index in [9.17, 15) is 4.79 Å². The molecule has 1 aliphatic heterocycles. The molecule has 1 amide bonds. The molecule has 0 spiro atoms. The van der Waals surface area contributed by atoms with Crippen molar-refractivity contribution in [1.82, 2.24) is 15.1 Å². The minimum atomic E-state index is -0.173. The Balaban J connectivity index is 1.82. The van der Waals surface area contributed by atoms with Gasteiger partial charge in [0.15, 0.2) is 0 Å². The summed E-state index contributed by atoms with van der Waals surface area (Å²) in [6, 6.07) is 18.4. The van der Waals surface area contributed by atoms with E-state index >= 15 is 0 Å². The number of fused-ring (bicyclic) bond motifs is 1. The summed E-state index contributed by atoms with van der Waals surface area (Å²) in [5.74, 6) is 0.438. The molecule has 0 saturated carbocycles. The Morgan fingerprint density at radius 3 is 2.46 bits per heavy atom. The third-order valence-electron chi connectivity index (χ3n) is 5.37. The summed E-state index contributed by atoms with van der Waals surface area (Å²) in [7, 11) is 1.66. The van der Waals surface area contributed by atoms with Crippen LogP contribution in [-0.4, -0.2) is 41.3 Å². The van der Waals surface area contributed by atoms with Crippen molar-refractivity contribution in [3.05, 3.63) is 77.0 Å². The number of aromatic amines is 1. The third-order valence-corrected chi connectivity index (χ3v) is 5.37. The fourth-order valence-electron chi connectivity index (χ4n) is 3.84. The Bertz CT molecular complexity index is 961. The number of rotatable bonds is 6. The topological polar surface area (TPSA) is 58.2 Å². The van der Waals surface area contributed by atoms with Crippen LogP contribution >= 0.6 is 0 Å². The van der Waals surface area contributed by atoms with E-state index in [4.69, 9.17) is 4.74 Å². The van der Waals surface area contributed by atoms with E-state index in [-0.39, 0.29) is 11.9 Å². The van der Waals surface area contributed by atoms with E-state index in [0.717, 1.165) is 22.4 Å². The molecule has 0 aliphatic carbocycles. The quantitative estimate of drug-likeness (QED) is 0.695. The third kappa shape index (κ3) is 3.12. The van der Waals surface area contributed by atoms with Crippen LogP contribution in [0.15, 0.2) is 54.6 Å². The summed E-state index contributed by atoms with van der Waals surface area (Å²) in [4.78, 5) is 15.0. The van der Waals surface area contributed by atoms with Crippen LogP contribution in [0.1, 0.15) is 53.0 Å². The smallest absolute Gasteiger partial charge is 0.273 e. The van der Waals surface area contributed by atoms with E-state index in [2.05, 4.69) is 48.3 Å². The lowest BCUT2D eigenvalue weighted by molar-refractivity contribution is 0.0677. The standard InChI is InChI=1S/C23H25N3O2/c1-15(2)16-9-11-18(12-10-16)22-19-20(17-7-5-4-6-8-17)24-25-21(19)23(27)26(22)13-14-28-3/h4-12,15,22H,13-14H2,1-3H3,(H,24,25). The van der Waals surface area contributed by atoms with Crippen LogP contribution in [0.3, 0.4) is 0 Å². The van der Waals surface area contributed by atoms with Crippen molar-refractivity contribution in [2.75, 3.05) is 20.3 Å². The summed E-state index contributed by atoms with van der Waals surface area (Å²) in [5, 5.41) is 7.48. The Kier molecular flexibility index (Phi) is 5.01. The fraction of sp³-hybridized carbons (Fsp3) is 0.304. The maximum atomic E-state index is 13.1. The molecular weight excluding hydrogens is 350 g/mol. The molecule has 1 aliphatic rings. The lowest BCUT2D eigenvalue weighted by Crippen LogP contribution is -2.32. The molecule has 1 atom stereocenters. The highest BCUT2D eigenvalue weighted by Crippen LogP contribution is 2.42. The molecule has 0 saturated heterocycles. The van der Waals surface area contributed by atoms with E-state index in [1.807, 2.05) is 35.2 Å². The largest absolute Gasteiger partial charge is 0.383 e. The van der Waals surface area contributed by atoms with Crippen LogP contribution < -0.4 is 0 Å². The molecule has 0 bridgehead atoms. The van der Waals surface area contributed by atoms with Gasteiger partial charge in [0.2, 0.25) is 0 Å². The Morgan fingerprint density at radius 2 is 1.82 bits per heavy atom. The molecule has 1 unspecified atom stereocenters. The maximum Gasteiger partial charge on any atom is 0.273 e. The van der Waals surface area contributed by atoms with Gasteiger partial charge in [0.1, 0.15) is 5.69 Å². The summed E-state index contributed by atoms with van der Waals surface area (Å²) in [6.07, 6.45) is 0. The van der Waals surface area contributed by atoms with Crippen LogP contribution in [0.25, 0.3) is 11.3 Å². The van der Waals surface area contributed by atoms with Gasteiger partial charge in [-0.05, 0) is 17.0 Å². The van der Waals surface area contributed by atoms with Crippen molar-refractivity contribution < 1.29 is 9.53 Å². The zero-order chi connectivity index (χ0) is 19.7. The zero-order valence-corrected chi connectivity index (χ0v) is 16.5. The SMILES string of the molecule is COCCN1C(=O)c2[nH]nc(-c3ccccc3)c2C1c1ccc(C(C)C)cc1. The van der Waals surface area contributed by atoms with Crippen LogP contribution in [0.4, 0.5) is 0 Å². The monoisotopic (exact) mass is 375 g/mol. The number of benzene rings is 2. The molecular formula is C23H25N3O2. The molecule has 28 heavy (non-hydrogen) atoms. The number of carbonyl (C=O) groups is 1. The second kappa shape index (κ2) is 7.60. The van der Waals surface area contributed by atoms with Gasteiger partial charge in [0.25, 0.3) is 5.91 Å². The molecule has 3 aromatic rings. The van der Waals surface area contributed by atoms with Gasteiger partial charge in [0, 0.05) is 24.8 Å². The molecule has 0 radical (unpaired) electrons. The first kappa shape index (κ1) is 18.4. The molecule has 4 rings (SSSR count). The van der Waals surface area contributed by atoms with Crippen LogP contribution in [0, 0.1) is 0 Å². The van der Waals surface area contributed by atoms with E-state index in [1.165, 1.54) is 5.56 Å². The van der Waals surface area contributed by atoms with Gasteiger partial charge >= 0.3 is 0 Å². The summed E-state index contributed by atoms with van der Waals surface area (Å²) in [5.41, 5.74) is 5.74. The highest BCUT2D eigenvalue weighted by atomic mass is 16.5.